The van der Waals surface area contributed by atoms with Gasteiger partial charge in [0, 0.05) is 23.3 Å². The van der Waals surface area contributed by atoms with Crippen LogP contribution in [0, 0.1) is 0 Å². The fourth-order valence-electron chi connectivity index (χ4n) is 2.27. The van der Waals surface area contributed by atoms with Gasteiger partial charge in [-0.15, -0.1) is 5.10 Å². The molecule has 3 aromatic rings. The van der Waals surface area contributed by atoms with Crippen molar-refractivity contribution in [2.24, 2.45) is 0 Å². The molecular formula is C18H15N5O3S2. The zero-order valence-electron chi connectivity index (χ0n) is 14.4. The maximum atomic E-state index is 11.9. The van der Waals surface area contributed by atoms with Crippen molar-refractivity contribution in [3.05, 3.63) is 70.7 Å². The molecule has 0 aliphatic heterocycles. The molecule has 0 atom stereocenters. The number of nitrogens with zero attached hydrogens (tertiary/aromatic N) is 2. The molecule has 0 spiro atoms. The predicted octanol–water partition coefficient (Wildman–Crippen LogP) is 2.98. The van der Waals surface area contributed by atoms with Crippen LogP contribution in [0.5, 0.6) is 0 Å². The lowest BCUT2D eigenvalue weighted by molar-refractivity contribution is 0.0696. The molecule has 0 fully saturated rings. The number of carbonyl (C=O) groups is 2. The minimum absolute atomic E-state index is 0.226. The minimum atomic E-state index is -0.972. The maximum absolute atomic E-state index is 11.9. The topological polar surface area (TPSA) is 116 Å². The maximum Gasteiger partial charge on any atom is 0.335 e. The SMILES string of the molecule is O=C(O)c1cccc(CNC(=S)Nc2ccc(NC(=O)c3csnn3)cc2)c1. The Morgan fingerprint density at radius 3 is 2.43 bits per heavy atom. The van der Waals surface area contributed by atoms with Crippen LogP contribution < -0.4 is 16.0 Å². The fraction of sp³-hybridized carbons (Fsp3) is 0.0556. The highest BCUT2D eigenvalue weighted by molar-refractivity contribution is 7.80. The van der Waals surface area contributed by atoms with E-state index in [1.807, 2.05) is 6.07 Å². The summed E-state index contributed by atoms with van der Waals surface area (Å²) in [6, 6.07) is 13.6. The van der Waals surface area contributed by atoms with Crippen LogP contribution in [-0.4, -0.2) is 31.7 Å². The van der Waals surface area contributed by atoms with Gasteiger partial charge in [0.15, 0.2) is 10.8 Å². The second-order valence-electron chi connectivity index (χ2n) is 5.63. The van der Waals surface area contributed by atoms with E-state index in [1.54, 1.807) is 41.8 Å². The number of rotatable bonds is 6. The molecule has 2 aromatic carbocycles. The molecule has 0 aliphatic rings. The van der Waals surface area contributed by atoms with E-state index in [2.05, 4.69) is 25.5 Å². The van der Waals surface area contributed by atoms with Crippen molar-refractivity contribution in [3.63, 3.8) is 0 Å². The summed E-state index contributed by atoms with van der Waals surface area (Å²) in [5.41, 5.74) is 2.66. The number of thiocarbonyl (C=S) groups is 1. The molecule has 1 heterocycles. The highest BCUT2D eigenvalue weighted by Gasteiger charge is 2.09. The summed E-state index contributed by atoms with van der Waals surface area (Å²) in [4.78, 5) is 22.9. The molecule has 8 nitrogen and oxygen atoms in total. The number of aromatic carboxylic acids is 1. The second kappa shape index (κ2) is 9.02. The van der Waals surface area contributed by atoms with Crippen LogP contribution in [0.4, 0.5) is 11.4 Å². The number of amides is 1. The summed E-state index contributed by atoms with van der Waals surface area (Å²) in [5.74, 6) is -1.30. The molecule has 3 rings (SSSR count). The Bertz CT molecular complexity index is 991. The number of carbonyl (C=O) groups excluding carboxylic acids is 1. The Labute approximate surface area is 169 Å². The molecule has 0 bridgehead atoms. The number of aromatic nitrogens is 2. The lowest BCUT2D eigenvalue weighted by Crippen LogP contribution is -2.27. The summed E-state index contributed by atoms with van der Waals surface area (Å²) >= 11 is 6.36. The zero-order valence-corrected chi connectivity index (χ0v) is 16.0. The summed E-state index contributed by atoms with van der Waals surface area (Å²) in [6.45, 7) is 0.392. The lowest BCUT2D eigenvalue weighted by Gasteiger charge is -2.11. The molecule has 1 aromatic heterocycles. The van der Waals surface area contributed by atoms with E-state index in [-0.39, 0.29) is 17.2 Å². The first-order valence-corrected chi connectivity index (χ1v) is 9.31. The highest BCUT2D eigenvalue weighted by Crippen LogP contribution is 2.14. The van der Waals surface area contributed by atoms with Gasteiger partial charge in [0.25, 0.3) is 5.91 Å². The zero-order chi connectivity index (χ0) is 19.9. The molecule has 0 unspecified atom stereocenters. The van der Waals surface area contributed by atoms with Crippen molar-refractivity contribution in [1.29, 1.82) is 0 Å². The van der Waals surface area contributed by atoms with Crippen molar-refractivity contribution in [1.82, 2.24) is 14.9 Å². The normalized spacial score (nSPS) is 10.1. The number of carboxylic acids is 1. The predicted molar refractivity (Wildman–Crippen MR) is 111 cm³/mol. The van der Waals surface area contributed by atoms with Crippen molar-refractivity contribution in [2.75, 3.05) is 10.6 Å². The first-order valence-electron chi connectivity index (χ1n) is 8.07. The molecule has 10 heteroatoms. The Morgan fingerprint density at radius 1 is 1.07 bits per heavy atom. The van der Waals surface area contributed by atoms with E-state index in [0.29, 0.717) is 17.3 Å². The number of nitrogens with one attached hydrogen (secondary N) is 3. The van der Waals surface area contributed by atoms with E-state index in [0.717, 1.165) is 22.8 Å². The van der Waals surface area contributed by atoms with Crippen LogP contribution in [0.1, 0.15) is 26.4 Å². The van der Waals surface area contributed by atoms with Crippen LogP contribution >= 0.6 is 23.8 Å². The van der Waals surface area contributed by atoms with Gasteiger partial charge in [-0.05, 0) is 65.7 Å². The number of carboxylic acid groups (broad SMARTS) is 1. The van der Waals surface area contributed by atoms with E-state index < -0.39 is 5.97 Å². The molecule has 0 saturated heterocycles. The molecule has 0 radical (unpaired) electrons. The summed E-state index contributed by atoms with van der Waals surface area (Å²) < 4.78 is 3.65. The summed E-state index contributed by atoms with van der Waals surface area (Å²) in [7, 11) is 0. The molecule has 0 aliphatic carbocycles. The summed E-state index contributed by atoms with van der Waals surface area (Å²) in [6.07, 6.45) is 0. The largest absolute Gasteiger partial charge is 0.478 e. The quantitative estimate of drug-likeness (QED) is 0.456. The Kier molecular flexibility index (Phi) is 6.25. The third-order valence-electron chi connectivity index (χ3n) is 3.62. The third kappa shape index (κ3) is 5.32. The minimum Gasteiger partial charge on any atom is -0.478 e. The van der Waals surface area contributed by atoms with Crippen LogP contribution in [0.3, 0.4) is 0 Å². The van der Waals surface area contributed by atoms with Gasteiger partial charge in [-0.3, -0.25) is 4.79 Å². The highest BCUT2D eigenvalue weighted by atomic mass is 32.1. The first-order chi connectivity index (χ1) is 13.5. The number of hydrogen-bond donors (Lipinski definition) is 4. The van der Waals surface area contributed by atoms with Gasteiger partial charge < -0.3 is 21.1 Å². The fourth-order valence-corrected chi connectivity index (χ4v) is 2.89. The molecule has 142 valence electrons. The monoisotopic (exact) mass is 413 g/mol. The van der Waals surface area contributed by atoms with Crippen molar-refractivity contribution in [3.8, 4) is 0 Å². The van der Waals surface area contributed by atoms with Crippen LogP contribution in [-0.2, 0) is 6.54 Å². The number of anilines is 2. The standard InChI is InChI=1S/C18H15N5O3S2/c24-16(15-10-28-23-22-15)20-13-4-6-14(7-5-13)21-18(27)19-9-11-2-1-3-12(8-11)17(25)26/h1-8,10H,9H2,(H,20,24)(H,25,26)(H2,19,21,27). The van der Waals surface area contributed by atoms with E-state index in [9.17, 15) is 9.59 Å². The van der Waals surface area contributed by atoms with Crippen molar-refractivity contribution < 1.29 is 14.7 Å². The van der Waals surface area contributed by atoms with E-state index in [1.165, 1.54) is 6.07 Å². The van der Waals surface area contributed by atoms with Gasteiger partial charge in [-0.1, -0.05) is 16.6 Å². The number of hydrogen-bond acceptors (Lipinski definition) is 6. The molecule has 1 amide bonds. The number of benzene rings is 2. The van der Waals surface area contributed by atoms with Gasteiger partial charge in [0.2, 0.25) is 0 Å². The van der Waals surface area contributed by atoms with Gasteiger partial charge >= 0.3 is 5.97 Å². The first kappa shape index (κ1) is 19.4. The third-order valence-corrected chi connectivity index (χ3v) is 4.37. The Balaban J connectivity index is 1.51. The van der Waals surface area contributed by atoms with Gasteiger partial charge in [-0.25, -0.2) is 4.79 Å². The van der Waals surface area contributed by atoms with Crippen molar-refractivity contribution >= 4 is 52.1 Å². The van der Waals surface area contributed by atoms with E-state index in [4.69, 9.17) is 17.3 Å². The average molecular weight is 413 g/mol. The Morgan fingerprint density at radius 2 is 1.79 bits per heavy atom. The van der Waals surface area contributed by atoms with Gasteiger partial charge in [0.1, 0.15) is 0 Å². The van der Waals surface area contributed by atoms with Crippen LogP contribution in [0.2, 0.25) is 0 Å². The lowest BCUT2D eigenvalue weighted by atomic mass is 10.1. The van der Waals surface area contributed by atoms with E-state index >= 15 is 0 Å². The summed E-state index contributed by atoms with van der Waals surface area (Å²) in [5, 5.41) is 23.5. The van der Waals surface area contributed by atoms with Crippen molar-refractivity contribution in [2.45, 2.75) is 6.54 Å². The molecular weight excluding hydrogens is 398 g/mol. The second-order valence-corrected chi connectivity index (χ2v) is 6.65. The molecule has 0 saturated carbocycles. The average Bonchev–Trinajstić information content (AvgIpc) is 3.23. The van der Waals surface area contributed by atoms with Gasteiger partial charge in [0.05, 0.1) is 5.56 Å². The van der Waals surface area contributed by atoms with Gasteiger partial charge in [-0.2, -0.15) is 0 Å². The molecule has 4 N–H and O–H groups in total. The Hall–Kier alpha value is -3.37. The van der Waals surface area contributed by atoms with Crippen LogP contribution in [0.25, 0.3) is 0 Å². The molecule has 28 heavy (non-hydrogen) atoms. The smallest absolute Gasteiger partial charge is 0.335 e. The van der Waals surface area contributed by atoms with Crippen LogP contribution in [0.15, 0.2) is 53.9 Å².